The van der Waals surface area contributed by atoms with E-state index in [-0.39, 0.29) is 11.4 Å². The van der Waals surface area contributed by atoms with Gasteiger partial charge in [-0.15, -0.1) is 0 Å². The molecule has 1 saturated heterocycles. The number of nitrogens with one attached hydrogen (secondary N) is 1. The molecule has 1 fully saturated rings. The second-order valence-electron chi connectivity index (χ2n) is 5.74. The van der Waals surface area contributed by atoms with Crippen LogP contribution in [0.5, 0.6) is 5.75 Å². The number of benzene rings is 1. The largest absolute Gasteiger partial charge is 0.497 e. The Kier molecular flexibility index (Phi) is 5.02. The van der Waals surface area contributed by atoms with Crippen LogP contribution in [-0.2, 0) is 4.79 Å². The summed E-state index contributed by atoms with van der Waals surface area (Å²) >= 11 is 0. The van der Waals surface area contributed by atoms with E-state index in [2.05, 4.69) is 12.2 Å². The first-order valence-electron chi connectivity index (χ1n) is 7.36. The van der Waals surface area contributed by atoms with Crippen LogP contribution in [0.1, 0.15) is 25.3 Å². The number of hydrogen-bond acceptors (Lipinski definition) is 3. The van der Waals surface area contributed by atoms with Crippen molar-refractivity contribution in [2.45, 2.75) is 25.3 Å². The van der Waals surface area contributed by atoms with Crippen LogP contribution in [0.4, 0.5) is 0 Å². The highest BCUT2D eigenvalue weighted by Crippen LogP contribution is 2.21. The van der Waals surface area contributed by atoms with Gasteiger partial charge in [-0.2, -0.15) is 0 Å². The minimum Gasteiger partial charge on any atom is -0.497 e. The molecule has 1 aromatic carbocycles. The van der Waals surface area contributed by atoms with Gasteiger partial charge in [-0.3, -0.25) is 4.79 Å². The zero-order chi connectivity index (χ0) is 15.3. The number of methoxy groups -OCH3 is 1. The van der Waals surface area contributed by atoms with Gasteiger partial charge in [-0.25, -0.2) is 0 Å². The van der Waals surface area contributed by atoms with Crippen molar-refractivity contribution in [3.05, 3.63) is 35.9 Å². The van der Waals surface area contributed by atoms with Crippen molar-refractivity contribution in [3.63, 3.8) is 0 Å². The van der Waals surface area contributed by atoms with Crippen molar-refractivity contribution in [3.8, 4) is 5.75 Å². The van der Waals surface area contributed by atoms with Crippen molar-refractivity contribution in [2.75, 3.05) is 27.2 Å². The maximum atomic E-state index is 12.2. The third kappa shape index (κ3) is 4.08. The monoisotopic (exact) mass is 288 g/mol. The van der Waals surface area contributed by atoms with E-state index in [1.54, 1.807) is 13.2 Å². The molecule has 114 valence electrons. The Morgan fingerprint density at radius 3 is 2.43 bits per heavy atom. The summed E-state index contributed by atoms with van der Waals surface area (Å²) in [6.45, 7) is 3.83. The van der Waals surface area contributed by atoms with E-state index in [0.29, 0.717) is 0 Å². The van der Waals surface area contributed by atoms with Gasteiger partial charge in [-0.1, -0.05) is 12.1 Å². The Morgan fingerprint density at radius 1 is 1.29 bits per heavy atom. The molecule has 4 nitrogen and oxygen atoms in total. The van der Waals surface area contributed by atoms with E-state index >= 15 is 0 Å². The number of rotatable bonds is 4. The first kappa shape index (κ1) is 15.6. The molecule has 1 heterocycles. The first-order valence-corrected chi connectivity index (χ1v) is 7.36. The lowest BCUT2D eigenvalue weighted by molar-refractivity contribution is -0.127. The Hall–Kier alpha value is -1.81. The van der Waals surface area contributed by atoms with Gasteiger partial charge in [0.1, 0.15) is 5.75 Å². The molecule has 1 aliphatic heterocycles. The Bertz CT molecular complexity index is 500. The maximum Gasteiger partial charge on any atom is 0.246 e. The Labute approximate surface area is 126 Å². The first-order chi connectivity index (χ1) is 10.1. The lowest BCUT2D eigenvalue weighted by Gasteiger charge is -2.38. The van der Waals surface area contributed by atoms with E-state index in [9.17, 15) is 4.79 Å². The molecule has 1 aromatic rings. The van der Waals surface area contributed by atoms with Crippen LogP contribution >= 0.6 is 0 Å². The van der Waals surface area contributed by atoms with Gasteiger partial charge in [0.15, 0.2) is 0 Å². The second-order valence-corrected chi connectivity index (χ2v) is 5.74. The SMILES string of the molecule is CNC1(C)CCN(C(=O)/C=C/c2ccc(OC)cc2)CC1. The smallest absolute Gasteiger partial charge is 0.246 e. The van der Waals surface area contributed by atoms with E-state index in [1.807, 2.05) is 42.3 Å². The van der Waals surface area contributed by atoms with Crippen LogP contribution in [0.15, 0.2) is 30.3 Å². The number of likely N-dealkylation sites (tertiary alicyclic amines) is 1. The average molecular weight is 288 g/mol. The van der Waals surface area contributed by atoms with Crippen LogP contribution in [0.2, 0.25) is 0 Å². The highest BCUT2D eigenvalue weighted by molar-refractivity contribution is 5.91. The number of amides is 1. The zero-order valence-electron chi connectivity index (χ0n) is 13.1. The van der Waals surface area contributed by atoms with Crippen molar-refractivity contribution in [1.29, 1.82) is 0 Å². The van der Waals surface area contributed by atoms with Gasteiger partial charge in [0.2, 0.25) is 5.91 Å². The molecule has 1 amide bonds. The molecular weight excluding hydrogens is 264 g/mol. The summed E-state index contributed by atoms with van der Waals surface area (Å²) in [7, 11) is 3.63. The molecule has 0 radical (unpaired) electrons. The Morgan fingerprint density at radius 2 is 1.90 bits per heavy atom. The highest BCUT2D eigenvalue weighted by atomic mass is 16.5. The van der Waals surface area contributed by atoms with Crippen molar-refractivity contribution >= 4 is 12.0 Å². The van der Waals surface area contributed by atoms with Gasteiger partial charge in [-0.05, 0) is 50.6 Å². The highest BCUT2D eigenvalue weighted by Gasteiger charge is 2.29. The normalized spacial score (nSPS) is 18.0. The van der Waals surface area contributed by atoms with Crippen LogP contribution in [0.3, 0.4) is 0 Å². The predicted molar refractivity (Wildman–Crippen MR) is 85.3 cm³/mol. The third-order valence-electron chi connectivity index (χ3n) is 4.32. The lowest BCUT2D eigenvalue weighted by Crippen LogP contribution is -2.51. The molecular formula is C17H24N2O2. The number of hydrogen-bond donors (Lipinski definition) is 1. The lowest BCUT2D eigenvalue weighted by atomic mass is 9.90. The molecule has 0 bridgehead atoms. The number of carbonyl (C=O) groups is 1. The molecule has 0 saturated carbocycles. The quantitative estimate of drug-likeness (QED) is 0.865. The molecule has 0 spiro atoms. The van der Waals surface area contributed by atoms with E-state index in [0.717, 1.165) is 37.2 Å². The van der Waals surface area contributed by atoms with Gasteiger partial charge in [0, 0.05) is 24.7 Å². The number of carbonyl (C=O) groups excluding carboxylic acids is 1. The van der Waals surface area contributed by atoms with Gasteiger partial charge in [0.25, 0.3) is 0 Å². The molecule has 2 rings (SSSR count). The molecule has 1 aliphatic rings. The zero-order valence-corrected chi connectivity index (χ0v) is 13.1. The van der Waals surface area contributed by atoms with Gasteiger partial charge >= 0.3 is 0 Å². The topological polar surface area (TPSA) is 41.6 Å². The fourth-order valence-corrected chi connectivity index (χ4v) is 2.46. The molecule has 4 heteroatoms. The van der Waals surface area contributed by atoms with Crippen LogP contribution in [0.25, 0.3) is 6.08 Å². The molecule has 1 N–H and O–H groups in total. The van der Waals surface area contributed by atoms with Gasteiger partial charge in [0.05, 0.1) is 7.11 Å². The number of piperidine rings is 1. The van der Waals surface area contributed by atoms with Crippen molar-refractivity contribution in [1.82, 2.24) is 10.2 Å². The molecule has 0 aromatic heterocycles. The maximum absolute atomic E-state index is 12.2. The minimum absolute atomic E-state index is 0.0870. The summed E-state index contributed by atoms with van der Waals surface area (Å²) in [4.78, 5) is 14.1. The molecule has 0 atom stereocenters. The predicted octanol–water partition coefficient (Wildman–Crippen LogP) is 2.31. The van der Waals surface area contributed by atoms with E-state index in [1.165, 1.54) is 0 Å². The van der Waals surface area contributed by atoms with Crippen molar-refractivity contribution < 1.29 is 9.53 Å². The fourth-order valence-electron chi connectivity index (χ4n) is 2.46. The number of ether oxygens (including phenoxy) is 1. The van der Waals surface area contributed by atoms with Crippen LogP contribution in [0, 0.1) is 0 Å². The summed E-state index contributed by atoms with van der Waals surface area (Å²) in [5.41, 5.74) is 1.16. The van der Waals surface area contributed by atoms with Gasteiger partial charge < -0.3 is 15.0 Å². The second kappa shape index (κ2) is 6.76. The van der Waals surface area contributed by atoms with Crippen LogP contribution < -0.4 is 10.1 Å². The standard InChI is InChI=1S/C17H24N2O2/c1-17(18-2)10-12-19(13-11-17)16(20)9-6-14-4-7-15(21-3)8-5-14/h4-9,18H,10-13H2,1-3H3/b9-6+. The summed E-state index contributed by atoms with van der Waals surface area (Å²) in [5, 5.41) is 3.34. The minimum atomic E-state index is 0.0870. The van der Waals surface area contributed by atoms with E-state index in [4.69, 9.17) is 4.74 Å². The average Bonchev–Trinajstić information content (AvgIpc) is 2.54. The summed E-state index contributed by atoms with van der Waals surface area (Å²) in [6.07, 6.45) is 5.49. The van der Waals surface area contributed by atoms with E-state index < -0.39 is 0 Å². The summed E-state index contributed by atoms with van der Waals surface area (Å²) < 4.78 is 5.11. The fraction of sp³-hybridized carbons (Fsp3) is 0.471. The molecule has 21 heavy (non-hydrogen) atoms. The van der Waals surface area contributed by atoms with Crippen molar-refractivity contribution in [2.24, 2.45) is 0 Å². The van der Waals surface area contributed by atoms with Crippen LogP contribution in [-0.4, -0.2) is 43.6 Å². The molecule has 0 unspecified atom stereocenters. The summed E-state index contributed by atoms with van der Waals surface area (Å²) in [5.74, 6) is 0.907. The molecule has 0 aliphatic carbocycles. The third-order valence-corrected chi connectivity index (χ3v) is 4.32. The Balaban J connectivity index is 1.90. The summed E-state index contributed by atoms with van der Waals surface area (Å²) in [6, 6.07) is 7.67. The number of nitrogens with zero attached hydrogens (tertiary/aromatic N) is 1.